The smallest absolute Gasteiger partial charge is 0.228 e. The third kappa shape index (κ3) is 4.00. The molecular weight excluding hydrogens is 405 g/mol. The van der Waals surface area contributed by atoms with Gasteiger partial charge in [0.1, 0.15) is 17.1 Å². The van der Waals surface area contributed by atoms with Crippen molar-refractivity contribution in [2.45, 2.75) is 25.3 Å². The van der Waals surface area contributed by atoms with E-state index in [1.165, 1.54) is 17.8 Å². The molecule has 4 rings (SSSR count). The molecule has 30 heavy (non-hydrogen) atoms. The predicted octanol–water partition coefficient (Wildman–Crippen LogP) is 4.43. The van der Waals surface area contributed by atoms with Gasteiger partial charge in [0.05, 0.1) is 25.3 Å². The first-order chi connectivity index (χ1) is 14.4. The Morgan fingerprint density at radius 1 is 1.37 bits per heavy atom. The number of anilines is 1. The number of methoxy groups -OCH3 is 1. The standard InChI is InChI=1S/C22H22FN3O3S/c1-22(7-8-30-21(24)26-22)17-10-14(3-6-18(17)23)25-20(27)9-13-12-29-19-11-15(28-2)4-5-16(13)19/h3-6,10-12H,7-9H2,1-2H3,(H2,24,26)(H,25,27). The van der Waals surface area contributed by atoms with Crippen LogP contribution >= 0.6 is 11.8 Å². The van der Waals surface area contributed by atoms with Gasteiger partial charge in [-0.15, -0.1) is 0 Å². The molecule has 3 aromatic rings. The first-order valence-corrected chi connectivity index (χ1v) is 10.5. The molecule has 1 aromatic heterocycles. The van der Waals surface area contributed by atoms with Gasteiger partial charge < -0.3 is 20.2 Å². The third-order valence-electron chi connectivity index (χ3n) is 5.24. The highest BCUT2D eigenvalue weighted by Crippen LogP contribution is 2.37. The summed E-state index contributed by atoms with van der Waals surface area (Å²) >= 11 is 1.46. The molecule has 0 radical (unpaired) electrons. The number of fused-ring (bicyclic) bond motifs is 1. The van der Waals surface area contributed by atoms with Gasteiger partial charge in [0, 0.05) is 34.0 Å². The van der Waals surface area contributed by atoms with Crippen LogP contribution in [-0.2, 0) is 16.8 Å². The minimum Gasteiger partial charge on any atom is -0.497 e. The Balaban J connectivity index is 1.54. The lowest BCUT2D eigenvalue weighted by atomic mass is 9.89. The number of benzene rings is 2. The summed E-state index contributed by atoms with van der Waals surface area (Å²) in [7, 11) is 1.58. The topological polar surface area (TPSA) is 89.8 Å². The van der Waals surface area contributed by atoms with Gasteiger partial charge in [-0.05, 0) is 43.7 Å². The molecule has 3 N–H and O–H groups in total. The molecule has 0 fully saturated rings. The molecule has 2 heterocycles. The molecule has 8 heteroatoms. The van der Waals surface area contributed by atoms with Crippen LogP contribution in [-0.4, -0.2) is 23.9 Å². The second-order valence-electron chi connectivity index (χ2n) is 7.36. The highest BCUT2D eigenvalue weighted by Gasteiger charge is 2.32. The summed E-state index contributed by atoms with van der Waals surface area (Å²) in [5.74, 6) is 0.858. The maximum atomic E-state index is 14.6. The summed E-state index contributed by atoms with van der Waals surface area (Å²) in [6, 6.07) is 9.99. The normalized spacial score (nSPS) is 18.8. The molecule has 0 bridgehead atoms. The van der Waals surface area contributed by atoms with Crippen molar-refractivity contribution in [3.05, 3.63) is 59.6 Å². The number of carbonyl (C=O) groups excluding carboxylic acids is 1. The largest absolute Gasteiger partial charge is 0.497 e. The van der Waals surface area contributed by atoms with E-state index in [-0.39, 0.29) is 18.1 Å². The number of nitrogens with two attached hydrogens (primary N) is 1. The molecule has 1 unspecified atom stereocenters. The van der Waals surface area contributed by atoms with Crippen molar-refractivity contribution < 1.29 is 18.3 Å². The Morgan fingerprint density at radius 3 is 2.97 bits per heavy atom. The van der Waals surface area contributed by atoms with Gasteiger partial charge in [-0.1, -0.05) is 11.8 Å². The summed E-state index contributed by atoms with van der Waals surface area (Å²) in [4.78, 5) is 17.1. The fourth-order valence-corrected chi connectivity index (χ4v) is 4.58. The Labute approximate surface area is 177 Å². The number of furan rings is 1. The molecule has 0 spiro atoms. The number of ether oxygens (including phenoxy) is 1. The number of hydrogen-bond donors (Lipinski definition) is 2. The van der Waals surface area contributed by atoms with E-state index in [0.29, 0.717) is 34.2 Å². The number of amidine groups is 1. The monoisotopic (exact) mass is 427 g/mol. The van der Waals surface area contributed by atoms with Crippen LogP contribution in [0, 0.1) is 5.82 Å². The third-order valence-corrected chi connectivity index (χ3v) is 6.04. The Morgan fingerprint density at radius 2 is 2.20 bits per heavy atom. The van der Waals surface area contributed by atoms with Gasteiger partial charge in [-0.3, -0.25) is 9.79 Å². The second-order valence-corrected chi connectivity index (χ2v) is 8.48. The first-order valence-electron chi connectivity index (χ1n) is 9.50. The molecule has 1 aliphatic heterocycles. The molecule has 1 amide bonds. The van der Waals surface area contributed by atoms with Crippen LogP contribution in [0.5, 0.6) is 5.75 Å². The Bertz CT molecular complexity index is 1140. The average molecular weight is 428 g/mol. The molecule has 2 aromatic carbocycles. The van der Waals surface area contributed by atoms with E-state index in [2.05, 4.69) is 10.3 Å². The molecule has 0 saturated heterocycles. The predicted molar refractivity (Wildman–Crippen MR) is 118 cm³/mol. The number of nitrogens with zero attached hydrogens (tertiary/aromatic N) is 1. The van der Waals surface area contributed by atoms with Crippen LogP contribution in [0.3, 0.4) is 0 Å². The van der Waals surface area contributed by atoms with E-state index in [1.807, 2.05) is 19.1 Å². The minimum atomic E-state index is -0.750. The lowest BCUT2D eigenvalue weighted by Gasteiger charge is -2.30. The van der Waals surface area contributed by atoms with Crippen molar-refractivity contribution in [1.82, 2.24) is 0 Å². The van der Waals surface area contributed by atoms with E-state index in [0.717, 1.165) is 16.7 Å². The van der Waals surface area contributed by atoms with Gasteiger partial charge in [-0.2, -0.15) is 0 Å². The number of rotatable bonds is 5. The quantitative estimate of drug-likeness (QED) is 0.629. The number of nitrogens with one attached hydrogen (secondary N) is 1. The van der Waals surface area contributed by atoms with E-state index in [1.54, 1.807) is 31.6 Å². The summed E-state index contributed by atoms with van der Waals surface area (Å²) in [6.45, 7) is 1.86. The lowest BCUT2D eigenvalue weighted by molar-refractivity contribution is -0.115. The maximum absolute atomic E-state index is 14.6. The molecule has 0 aliphatic carbocycles. The second kappa shape index (κ2) is 8.02. The van der Waals surface area contributed by atoms with Crippen molar-refractivity contribution in [2.75, 3.05) is 18.2 Å². The number of thioether (sulfide) groups is 1. The summed E-state index contributed by atoms with van der Waals surface area (Å²) in [5, 5.41) is 4.14. The maximum Gasteiger partial charge on any atom is 0.228 e. The minimum absolute atomic E-state index is 0.130. The van der Waals surface area contributed by atoms with Gasteiger partial charge in [0.15, 0.2) is 5.17 Å². The number of amides is 1. The Hall–Kier alpha value is -3.00. The Kier molecular flexibility index (Phi) is 5.42. The highest BCUT2D eigenvalue weighted by atomic mass is 32.2. The van der Waals surface area contributed by atoms with Crippen molar-refractivity contribution in [1.29, 1.82) is 0 Å². The number of aliphatic imine (C=N–C) groups is 1. The van der Waals surface area contributed by atoms with Gasteiger partial charge in [0.2, 0.25) is 5.91 Å². The molecule has 156 valence electrons. The molecule has 6 nitrogen and oxygen atoms in total. The molecule has 1 atom stereocenters. The summed E-state index contributed by atoms with van der Waals surface area (Å²) < 4.78 is 25.3. The van der Waals surface area contributed by atoms with Gasteiger partial charge in [-0.25, -0.2) is 4.39 Å². The van der Waals surface area contributed by atoms with Crippen LogP contribution in [0.25, 0.3) is 11.0 Å². The summed E-state index contributed by atoms with van der Waals surface area (Å²) in [6.07, 6.45) is 2.36. The fraction of sp³-hybridized carbons (Fsp3) is 0.273. The van der Waals surface area contributed by atoms with Crippen LogP contribution in [0.4, 0.5) is 10.1 Å². The van der Waals surface area contributed by atoms with E-state index < -0.39 is 5.54 Å². The number of halogens is 1. The number of carbonyl (C=O) groups is 1. The zero-order valence-corrected chi connectivity index (χ0v) is 17.5. The van der Waals surface area contributed by atoms with Crippen molar-refractivity contribution in [3.8, 4) is 5.75 Å². The zero-order chi connectivity index (χ0) is 21.3. The van der Waals surface area contributed by atoms with Gasteiger partial charge >= 0.3 is 0 Å². The van der Waals surface area contributed by atoms with Crippen LogP contribution in [0.15, 0.2) is 52.1 Å². The van der Waals surface area contributed by atoms with Crippen LogP contribution in [0.1, 0.15) is 24.5 Å². The van der Waals surface area contributed by atoms with Crippen LogP contribution < -0.4 is 15.8 Å². The molecule has 1 aliphatic rings. The average Bonchev–Trinajstić information content (AvgIpc) is 3.11. The van der Waals surface area contributed by atoms with E-state index in [9.17, 15) is 9.18 Å². The van der Waals surface area contributed by atoms with Crippen LogP contribution in [0.2, 0.25) is 0 Å². The van der Waals surface area contributed by atoms with Crippen molar-refractivity contribution in [3.63, 3.8) is 0 Å². The highest BCUT2D eigenvalue weighted by molar-refractivity contribution is 8.13. The first kappa shape index (κ1) is 20.3. The fourth-order valence-electron chi connectivity index (χ4n) is 3.60. The molecule has 0 saturated carbocycles. The SMILES string of the molecule is COc1ccc2c(CC(=O)Nc3ccc(F)c(C4(C)CCSC(N)=N4)c3)coc2c1. The van der Waals surface area contributed by atoms with E-state index in [4.69, 9.17) is 14.9 Å². The van der Waals surface area contributed by atoms with Gasteiger partial charge in [0.25, 0.3) is 0 Å². The number of hydrogen-bond acceptors (Lipinski definition) is 6. The molecular formula is C22H22FN3O3S. The van der Waals surface area contributed by atoms with Crippen molar-refractivity contribution >= 4 is 39.5 Å². The lowest BCUT2D eigenvalue weighted by Crippen LogP contribution is -2.30. The van der Waals surface area contributed by atoms with E-state index >= 15 is 0 Å². The zero-order valence-electron chi connectivity index (χ0n) is 16.7. The van der Waals surface area contributed by atoms with Crippen molar-refractivity contribution in [2.24, 2.45) is 10.7 Å². The summed E-state index contributed by atoms with van der Waals surface area (Å²) in [5.41, 5.74) is 7.46.